The molecule has 0 radical (unpaired) electrons. The van der Waals surface area contributed by atoms with Gasteiger partial charge in [-0.3, -0.25) is 0 Å². The Morgan fingerprint density at radius 2 is 0.766 bits per heavy atom. The second-order valence-corrected chi connectivity index (χ2v) is 13.7. The summed E-state index contributed by atoms with van der Waals surface area (Å²) in [5.74, 6) is 1.83. The molecule has 10 rings (SSSR count). The van der Waals surface area contributed by atoms with Gasteiger partial charge in [-0.1, -0.05) is 147 Å². The summed E-state index contributed by atoms with van der Waals surface area (Å²) in [4.78, 5) is 0. The molecule has 0 saturated heterocycles. The summed E-state index contributed by atoms with van der Waals surface area (Å²) >= 11 is 0. The van der Waals surface area contributed by atoms with Crippen molar-refractivity contribution in [3.8, 4) is 56.0 Å². The van der Waals surface area contributed by atoms with Crippen molar-refractivity contribution in [3.63, 3.8) is 0 Å². The lowest BCUT2D eigenvalue weighted by atomic mass is 9.66. The molecule has 1 aliphatic heterocycles. The van der Waals surface area contributed by atoms with E-state index in [1.165, 1.54) is 77.9 Å². The fourth-order valence-corrected chi connectivity index (χ4v) is 8.77. The molecule has 1 nitrogen and oxygen atoms in total. The number of hydrogen-bond acceptors (Lipinski definition) is 1. The summed E-state index contributed by atoms with van der Waals surface area (Å²) in [5.41, 5.74) is 17.5. The molecule has 0 amide bonds. The van der Waals surface area contributed by atoms with Crippen LogP contribution in [0.2, 0.25) is 0 Å². The minimum Gasteiger partial charge on any atom is -0.457 e. The maximum Gasteiger partial charge on any atom is 0.132 e. The van der Waals surface area contributed by atoms with Crippen LogP contribution in [0.15, 0.2) is 158 Å². The van der Waals surface area contributed by atoms with Gasteiger partial charge in [0.1, 0.15) is 11.5 Å². The molecule has 0 fully saturated rings. The van der Waals surface area contributed by atoms with E-state index >= 15 is 0 Å². The van der Waals surface area contributed by atoms with Crippen molar-refractivity contribution in [2.24, 2.45) is 0 Å². The van der Waals surface area contributed by atoms with Crippen LogP contribution >= 0.6 is 0 Å². The zero-order valence-corrected chi connectivity index (χ0v) is 26.4. The standard InChI is InChI=1S/C46H32O/c1-45(2)37-14-6-3-11-33(37)36-25-23-31(27-41(36)45)29-19-21-30(22-20-29)32-24-26-44-42(28-32)46(40-17-9-10-18-43(40)47-44)38-15-7-4-12-34(38)35-13-5-8-16-39(35)46/h3-28H,1-2H3. The van der Waals surface area contributed by atoms with E-state index in [1.807, 2.05) is 0 Å². The monoisotopic (exact) mass is 600 g/mol. The number of benzene rings is 7. The average Bonchev–Trinajstić information content (AvgIpc) is 3.54. The van der Waals surface area contributed by atoms with Gasteiger partial charge in [0.25, 0.3) is 0 Å². The first-order chi connectivity index (χ1) is 23.0. The van der Waals surface area contributed by atoms with E-state index in [0.29, 0.717) is 0 Å². The summed E-state index contributed by atoms with van der Waals surface area (Å²) in [6.07, 6.45) is 0. The van der Waals surface area contributed by atoms with E-state index in [4.69, 9.17) is 4.74 Å². The van der Waals surface area contributed by atoms with Gasteiger partial charge in [0.15, 0.2) is 0 Å². The van der Waals surface area contributed by atoms with Gasteiger partial charge in [-0.25, -0.2) is 0 Å². The summed E-state index contributed by atoms with van der Waals surface area (Å²) in [6.45, 7) is 4.69. The Hall–Kier alpha value is -5.66. The molecule has 0 atom stereocenters. The first-order valence-electron chi connectivity index (χ1n) is 16.5. The number of ether oxygens (including phenoxy) is 1. The number of para-hydroxylation sites is 1. The molecule has 7 aromatic rings. The van der Waals surface area contributed by atoms with E-state index in [9.17, 15) is 0 Å². The molecule has 7 aromatic carbocycles. The van der Waals surface area contributed by atoms with Gasteiger partial charge in [-0.05, 0) is 91.0 Å². The summed E-state index contributed by atoms with van der Waals surface area (Å²) < 4.78 is 6.64. The van der Waals surface area contributed by atoms with E-state index < -0.39 is 5.41 Å². The molecule has 222 valence electrons. The highest BCUT2D eigenvalue weighted by Crippen LogP contribution is 2.62. The second kappa shape index (κ2) is 9.44. The molecule has 0 N–H and O–H groups in total. The Kier molecular flexibility index (Phi) is 5.33. The van der Waals surface area contributed by atoms with E-state index in [1.54, 1.807) is 0 Å². The zero-order chi connectivity index (χ0) is 31.3. The predicted molar refractivity (Wildman–Crippen MR) is 192 cm³/mol. The third-order valence-electron chi connectivity index (χ3n) is 11.0. The van der Waals surface area contributed by atoms with Crippen molar-refractivity contribution in [1.82, 2.24) is 0 Å². The Labute approximate surface area is 275 Å². The summed E-state index contributed by atoms with van der Waals surface area (Å²) in [7, 11) is 0. The van der Waals surface area contributed by atoms with Crippen molar-refractivity contribution >= 4 is 0 Å². The fourth-order valence-electron chi connectivity index (χ4n) is 8.77. The van der Waals surface area contributed by atoms with Gasteiger partial charge in [-0.2, -0.15) is 0 Å². The Balaban J connectivity index is 1.10. The fraction of sp³-hybridized carbons (Fsp3) is 0.0870. The maximum atomic E-state index is 6.64. The van der Waals surface area contributed by atoms with E-state index in [0.717, 1.165) is 11.5 Å². The van der Waals surface area contributed by atoms with Gasteiger partial charge in [0, 0.05) is 16.5 Å². The van der Waals surface area contributed by atoms with Crippen LogP contribution in [0.4, 0.5) is 0 Å². The quantitative estimate of drug-likeness (QED) is 0.192. The van der Waals surface area contributed by atoms with Crippen LogP contribution < -0.4 is 4.74 Å². The predicted octanol–water partition coefficient (Wildman–Crippen LogP) is 11.8. The molecule has 1 spiro atoms. The minimum atomic E-state index is -0.456. The number of fused-ring (bicyclic) bond motifs is 12. The van der Waals surface area contributed by atoms with Crippen LogP contribution in [0, 0.1) is 0 Å². The zero-order valence-electron chi connectivity index (χ0n) is 26.4. The average molecular weight is 601 g/mol. The van der Waals surface area contributed by atoms with Crippen LogP contribution in [0.5, 0.6) is 11.5 Å². The molecule has 47 heavy (non-hydrogen) atoms. The molecular formula is C46H32O. The second-order valence-electron chi connectivity index (χ2n) is 13.7. The van der Waals surface area contributed by atoms with Crippen LogP contribution in [0.25, 0.3) is 44.5 Å². The molecular weight excluding hydrogens is 569 g/mol. The topological polar surface area (TPSA) is 9.23 Å². The van der Waals surface area contributed by atoms with Crippen LogP contribution in [-0.2, 0) is 10.8 Å². The maximum absolute atomic E-state index is 6.64. The minimum absolute atomic E-state index is 0.0148. The molecule has 1 heteroatoms. The highest BCUT2D eigenvalue weighted by molar-refractivity contribution is 5.89. The lowest BCUT2D eigenvalue weighted by Crippen LogP contribution is -2.32. The van der Waals surface area contributed by atoms with Crippen molar-refractivity contribution in [2.75, 3.05) is 0 Å². The first-order valence-corrected chi connectivity index (χ1v) is 16.5. The van der Waals surface area contributed by atoms with Crippen molar-refractivity contribution in [1.29, 1.82) is 0 Å². The van der Waals surface area contributed by atoms with Crippen LogP contribution in [0.3, 0.4) is 0 Å². The summed E-state index contributed by atoms with van der Waals surface area (Å²) in [5, 5.41) is 0. The molecule has 3 aliphatic rings. The van der Waals surface area contributed by atoms with Crippen LogP contribution in [-0.4, -0.2) is 0 Å². The van der Waals surface area contributed by atoms with Crippen molar-refractivity contribution in [2.45, 2.75) is 24.7 Å². The highest BCUT2D eigenvalue weighted by atomic mass is 16.5. The Bertz CT molecular complexity index is 2360. The number of hydrogen-bond donors (Lipinski definition) is 0. The number of rotatable bonds is 2. The normalized spacial score (nSPS) is 15.1. The first kappa shape index (κ1) is 26.5. The van der Waals surface area contributed by atoms with Gasteiger partial charge < -0.3 is 4.74 Å². The third kappa shape index (κ3) is 3.49. The molecule has 0 bridgehead atoms. The molecule has 2 aliphatic carbocycles. The largest absolute Gasteiger partial charge is 0.457 e. The molecule has 0 unspecified atom stereocenters. The lowest BCUT2D eigenvalue weighted by Gasteiger charge is -2.39. The Morgan fingerprint density at radius 1 is 0.340 bits per heavy atom. The van der Waals surface area contributed by atoms with E-state index in [-0.39, 0.29) is 5.41 Å². The van der Waals surface area contributed by atoms with Crippen LogP contribution in [0.1, 0.15) is 47.2 Å². The third-order valence-corrected chi connectivity index (χ3v) is 11.0. The van der Waals surface area contributed by atoms with Crippen molar-refractivity contribution < 1.29 is 4.74 Å². The molecule has 1 heterocycles. The van der Waals surface area contributed by atoms with Gasteiger partial charge >= 0.3 is 0 Å². The SMILES string of the molecule is CC1(C)c2ccccc2-c2ccc(-c3ccc(-c4ccc5c(c4)C4(c6ccccc6O5)c5ccccc5-c5ccccc54)cc3)cc21. The lowest BCUT2D eigenvalue weighted by molar-refractivity contribution is 0.436. The molecule has 0 saturated carbocycles. The van der Waals surface area contributed by atoms with E-state index in [2.05, 4.69) is 172 Å². The van der Waals surface area contributed by atoms with Gasteiger partial charge in [0.05, 0.1) is 5.41 Å². The smallest absolute Gasteiger partial charge is 0.132 e. The van der Waals surface area contributed by atoms with Gasteiger partial charge in [-0.15, -0.1) is 0 Å². The highest BCUT2D eigenvalue weighted by Gasteiger charge is 2.51. The Morgan fingerprint density at radius 3 is 1.40 bits per heavy atom. The van der Waals surface area contributed by atoms with Gasteiger partial charge in [0.2, 0.25) is 0 Å². The molecule has 0 aromatic heterocycles. The van der Waals surface area contributed by atoms with Crippen molar-refractivity contribution in [3.05, 3.63) is 191 Å². The summed E-state index contributed by atoms with van der Waals surface area (Å²) in [6, 6.07) is 58.0.